The lowest BCUT2D eigenvalue weighted by molar-refractivity contribution is -0.153. The summed E-state index contributed by atoms with van der Waals surface area (Å²) in [6.45, 7) is 2.77. The first-order valence-corrected chi connectivity index (χ1v) is 8.83. The Kier molecular flexibility index (Phi) is 3.79. The Balaban J connectivity index is 1.78. The van der Waals surface area contributed by atoms with Crippen LogP contribution in [-0.2, 0) is 24.5 Å². The number of carbonyl (C=O) groups is 2. The van der Waals surface area contributed by atoms with Gasteiger partial charge in [-0.15, -0.1) is 0 Å². The van der Waals surface area contributed by atoms with Crippen LogP contribution in [0, 0.1) is 11.8 Å². The van der Waals surface area contributed by atoms with Crippen LogP contribution < -0.4 is 0 Å². The van der Waals surface area contributed by atoms with Crippen molar-refractivity contribution in [1.29, 1.82) is 0 Å². The van der Waals surface area contributed by atoms with Crippen molar-refractivity contribution in [3.05, 3.63) is 0 Å². The minimum Gasteiger partial charge on any atom is -0.393 e. The van der Waals surface area contributed by atoms with Crippen molar-refractivity contribution in [3.63, 3.8) is 0 Å². The van der Waals surface area contributed by atoms with Gasteiger partial charge in [-0.2, -0.15) is 17.0 Å². The normalized spacial score (nSPS) is 35.6. The van der Waals surface area contributed by atoms with E-state index in [1.54, 1.807) is 0 Å². The van der Waals surface area contributed by atoms with Crippen LogP contribution in [0.5, 0.6) is 0 Å². The molecule has 118 valence electrons. The molecule has 0 aromatic rings. The molecule has 0 aliphatic carbocycles. The largest absolute Gasteiger partial charge is 0.393 e. The maximum absolute atomic E-state index is 12.7. The summed E-state index contributed by atoms with van der Waals surface area (Å²) >= 11 is 0. The Bertz CT molecular complexity index is 561. The molecule has 3 saturated heterocycles. The molecule has 0 N–H and O–H groups in total. The summed E-state index contributed by atoms with van der Waals surface area (Å²) in [5.41, 5.74) is 0. The minimum absolute atomic E-state index is 0.0152. The fourth-order valence-electron chi connectivity index (χ4n) is 3.47. The SMILES string of the molecule is CC1CCCCN1S(=O)(=O)N1CCC2C(=O)OC(=O)C2C1. The van der Waals surface area contributed by atoms with E-state index in [0.717, 1.165) is 19.3 Å². The standard InChI is InChI=1S/C13H20N2O5S/c1-9-4-2-3-6-15(9)21(18,19)14-7-5-10-11(8-14)13(17)20-12(10)16/h9-11H,2-8H2,1H3. The Labute approximate surface area is 124 Å². The van der Waals surface area contributed by atoms with Crippen molar-refractivity contribution < 1.29 is 22.7 Å². The molecule has 7 nitrogen and oxygen atoms in total. The fourth-order valence-corrected chi connectivity index (χ4v) is 5.37. The summed E-state index contributed by atoms with van der Waals surface area (Å²) in [6, 6.07) is -0.0152. The molecule has 0 amide bonds. The summed E-state index contributed by atoms with van der Waals surface area (Å²) in [4.78, 5) is 23.2. The topological polar surface area (TPSA) is 84.0 Å². The van der Waals surface area contributed by atoms with E-state index >= 15 is 0 Å². The van der Waals surface area contributed by atoms with Crippen LogP contribution in [-0.4, -0.2) is 54.6 Å². The highest BCUT2D eigenvalue weighted by atomic mass is 32.2. The summed E-state index contributed by atoms with van der Waals surface area (Å²) in [7, 11) is -3.57. The lowest BCUT2D eigenvalue weighted by Gasteiger charge is -2.39. The molecule has 0 bridgehead atoms. The van der Waals surface area contributed by atoms with Crippen LogP contribution in [0.3, 0.4) is 0 Å². The maximum atomic E-state index is 12.7. The number of piperidine rings is 2. The zero-order valence-electron chi connectivity index (χ0n) is 12.0. The average molecular weight is 316 g/mol. The van der Waals surface area contributed by atoms with Gasteiger partial charge in [0.25, 0.3) is 10.2 Å². The fraction of sp³-hybridized carbons (Fsp3) is 0.846. The monoisotopic (exact) mass is 316 g/mol. The Morgan fingerprint density at radius 2 is 1.76 bits per heavy atom. The van der Waals surface area contributed by atoms with Crippen LogP contribution in [0.15, 0.2) is 0 Å². The number of rotatable bonds is 2. The van der Waals surface area contributed by atoms with Crippen molar-refractivity contribution in [2.24, 2.45) is 11.8 Å². The first-order chi connectivity index (χ1) is 9.91. The number of hydrogen-bond acceptors (Lipinski definition) is 5. The van der Waals surface area contributed by atoms with Crippen LogP contribution in [0.4, 0.5) is 0 Å². The highest BCUT2D eigenvalue weighted by Crippen LogP contribution is 2.34. The smallest absolute Gasteiger partial charge is 0.318 e. The number of nitrogens with zero attached hydrogens (tertiary/aromatic N) is 2. The predicted octanol–water partition coefficient (Wildman–Crippen LogP) is 0.127. The molecule has 3 heterocycles. The van der Waals surface area contributed by atoms with E-state index in [-0.39, 0.29) is 19.1 Å². The van der Waals surface area contributed by atoms with Gasteiger partial charge in [-0.05, 0) is 26.2 Å². The number of hydrogen-bond donors (Lipinski definition) is 0. The molecular formula is C13H20N2O5S. The van der Waals surface area contributed by atoms with E-state index in [2.05, 4.69) is 4.74 Å². The molecule has 3 aliphatic heterocycles. The van der Waals surface area contributed by atoms with E-state index < -0.39 is 34.0 Å². The van der Waals surface area contributed by atoms with Gasteiger partial charge in [-0.3, -0.25) is 9.59 Å². The lowest BCUT2D eigenvalue weighted by Crippen LogP contribution is -2.53. The first-order valence-electron chi connectivity index (χ1n) is 7.43. The molecule has 3 rings (SSSR count). The second-order valence-electron chi connectivity index (χ2n) is 6.06. The number of cyclic esters (lactones) is 2. The second-order valence-corrected chi connectivity index (χ2v) is 7.94. The Morgan fingerprint density at radius 3 is 2.48 bits per heavy atom. The quantitative estimate of drug-likeness (QED) is 0.534. The van der Waals surface area contributed by atoms with Gasteiger partial charge in [-0.1, -0.05) is 6.42 Å². The minimum atomic E-state index is -3.57. The van der Waals surface area contributed by atoms with E-state index in [9.17, 15) is 18.0 Å². The van der Waals surface area contributed by atoms with Gasteiger partial charge in [0, 0.05) is 25.7 Å². The lowest BCUT2D eigenvalue weighted by atomic mass is 9.89. The van der Waals surface area contributed by atoms with E-state index in [0.29, 0.717) is 13.0 Å². The molecule has 0 radical (unpaired) electrons. The number of ether oxygens (including phenoxy) is 1. The zero-order chi connectivity index (χ0) is 15.2. The molecule has 0 aromatic heterocycles. The highest BCUT2D eigenvalue weighted by molar-refractivity contribution is 7.86. The van der Waals surface area contributed by atoms with Gasteiger partial charge in [0.2, 0.25) is 0 Å². The molecule has 0 spiro atoms. The predicted molar refractivity (Wildman–Crippen MR) is 73.2 cm³/mol. The van der Waals surface area contributed by atoms with Crippen LogP contribution in [0.1, 0.15) is 32.6 Å². The average Bonchev–Trinajstić information content (AvgIpc) is 2.74. The summed E-state index contributed by atoms with van der Waals surface area (Å²) in [5, 5.41) is 0. The molecule has 21 heavy (non-hydrogen) atoms. The number of esters is 2. The summed E-state index contributed by atoms with van der Waals surface area (Å²) in [6.07, 6.45) is 3.12. The molecular weight excluding hydrogens is 296 g/mol. The van der Waals surface area contributed by atoms with Gasteiger partial charge in [-0.25, -0.2) is 0 Å². The van der Waals surface area contributed by atoms with E-state index in [4.69, 9.17) is 0 Å². The third-order valence-electron chi connectivity index (χ3n) is 4.75. The number of fused-ring (bicyclic) bond motifs is 1. The van der Waals surface area contributed by atoms with Crippen molar-refractivity contribution >= 4 is 22.1 Å². The van der Waals surface area contributed by atoms with Crippen LogP contribution in [0.2, 0.25) is 0 Å². The van der Waals surface area contributed by atoms with Crippen molar-refractivity contribution in [2.75, 3.05) is 19.6 Å². The molecule has 0 aromatic carbocycles. The first kappa shape index (κ1) is 14.9. The summed E-state index contributed by atoms with van der Waals surface area (Å²) < 4.78 is 33.0. The number of carbonyl (C=O) groups excluding carboxylic acids is 2. The molecule has 3 aliphatic rings. The van der Waals surface area contributed by atoms with Gasteiger partial charge in [0.05, 0.1) is 11.8 Å². The maximum Gasteiger partial charge on any atom is 0.318 e. The molecule has 0 saturated carbocycles. The van der Waals surface area contributed by atoms with Gasteiger partial charge >= 0.3 is 11.9 Å². The second kappa shape index (κ2) is 5.33. The highest BCUT2D eigenvalue weighted by Gasteiger charge is 2.50. The van der Waals surface area contributed by atoms with Gasteiger partial charge < -0.3 is 4.74 Å². The zero-order valence-corrected chi connectivity index (χ0v) is 12.8. The molecule has 3 fully saturated rings. The molecule has 3 unspecified atom stereocenters. The Morgan fingerprint density at radius 1 is 1.05 bits per heavy atom. The van der Waals surface area contributed by atoms with Crippen LogP contribution in [0.25, 0.3) is 0 Å². The van der Waals surface area contributed by atoms with E-state index in [1.807, 2.05) is 6.92 Å². The van der Waals surface area contributed by atoms with E-state index in [1.165, 1.54) is 8.61 Å². The Hall–Kier alpha value is -0.990. The third kappa shape index (κ3) is 2.49. The van der Waals surface area contributed by atoms with Crippen molar-refractivity contribution in [3.8, 4) is 0 Å². The van der Waals surface area contributed by atoms with Crippen molar-refractivity contribution in [1.82, 2.24) is 8.61 Å². The van der Waals surface area contributed by atoms with Crippen molar-refractivity contribution in [2.45, 2.75) is 38.6 Å². The summed E-state index contributed by atoms with van der Waals surface area (Å²) in [5.74, 6) is -2.20. The van der Waals surface area contributed by atoms with Crippen LogP contribution >= 0.6 is 0 Å². The van der Waals surface area contributed by atoms with Gasteiger partial charge in [0.15, 0.2) is 0 Å². The third-order valence-corrected chi connectivity index (χ3v) is 6.87. The van der Waals surface area contributed by atoms with Gasteiger partial charge in [0.1, 0.15) is 0 Å². The molecule has 3 atom stereocenters. The molecule has 8 heteroatoms.